The SMILES string of the molecule is COCC(C)N(C)S(=O)(=O)c1ccccc1. The zero-order chi connectivity index (χ0) is 12.2. The van der Waals surface area contributed by atoms with Crippen molar-refractivity contribution < 1.29 is 13.2 Å². The predicted molar refractivity (Wildman–Crippen MR) is 62.7 cm³/mol. The van der Waals surface area contributed by atoms with Crippen LogP contribution < -0.4 is 0 Å². The summed E-state index contributed by atoms with van der Waals surface area (Å²) in [6, 6.07) is 8.20. The number of hydrogen-bond donors (Lipinski definition) is 0. The molecular formula is C11H17NO3S. The second-order valence-electron chi connectivity index (χ2n) is 3.64. The number of ether oxygens (including phenoxy) is 1. The molecule has 4 nitrogen and oxygen atoms in total. The van der Waals surface area contributed by atoms with Crippen LogP contribution in [0, 0.1) is 0 Å². The number of nitrogens with zero attached hydrogens (tertiary/aromatic N) is 1. The van der Waals surface area contributed by atoms with Crippen molar-refractivity contribution in [1.29, 1.82) is 0 Å². The summed E-state index contributed by atoms with van der Waals surface area (Å²) in [6.45, 7) is 2.19. The van der Waals surface area contributed by atoms with Gasteiger partial charge in [-0.3, -0.25) is 0 Å². The number of sulfonamides is 1. The van der Waals surface area contributed by atoms with Gasteiger partial charge in [-0.2, -0.15) is 4.31 Å². The molecular weight excluding hydrogens is 226 g/mol. The van der Waals surface area contributed by atoms with Crippen molar-refractivity contribution >= 4 is 10.0 Å². The van der Waals surface area contributed by atoms with Crippen molar-refractivity contribution in [2.75, 3.05) is 20.8 Å². The molecule has 1 aromatic carbocycles. The third-order valence-corrected chi connectivity index (χ3v) is 4.43. The van der Waals surface area contributed by atoms with Gasteiger partial charge in [0.15, 0.2) is 0 Å². The lowest BCUT2D eigenvalue weighted by molar-refractivity contribution is 0.149. The van der Waals surface area contributed by atoms with Gasteiger partial charge in [-0.05, 0) is 19.1 Å². The zero-order valence-electron chi connectivity index (χ0n) is 9.75. The van der Waals surface area contributed by atoms with E-state index in [0.29, 0.717) is 11.5 Å². The van der Waals surface area contributed by atoms with Crippen molar-refractivity contribution in [3.05, 3.63) is 30.3 Å². The predicted octanol–water partition coefficient (Wildman–Crippen LogP) is 1.34. The number of methoxy groups -OCH3 is 1. The molecule has 16 heavy (non-hydrogen) atoms. The van der Waals surface area contributed by atoms with Gasteiger partial charge in [-0.1, -0.05) is 18.2 Å². The Labute approximate surface area is 96.9 Å². The van der Waals surface area contributed by atoms with E-state index in [1.807, 2.05) is 6.92 Å². The number of likely N-dealkylation sites (N-methyl/N-ethyl adjacent to an activating group) is 1. The number of hydrogen-bond acceptors (Lipinski definition) is 3. The maximum absolute atomic E-state index is 12.1. The highest BCUT2D eigenvalue weighted by Gasteiger charge is 2.24. The second-order valence-corrected chi connectivity index (χ2v) is 5.64. The third-order valence-electron chi connectivity index (χ3n) is 2.45. The van der Waals surface area contributed by atoms with Crippen LogP contribution in [0.5, 0.6) is 0 Å². The van der Waals surface area contributed by atoms with E-state index in [0.717, 1.165) is 0 Å². The lowest BCUT2D eigenvalue weighted by Crippen LogP contribution is -2.37. The molecule has 1 atom stereocenters. The summed E-state index contributed by atoms with van der Waals surface area (Å²) in [5.41, 5.74) is 0. The summed E-state index contributed by atoms with van der Waals surface area (Å²) < 4.78 is 30.5. The molecule has 0 radical (unpaired) electrons. The Morgan fingerprint density at radius 2 is 1.88 bits per heavy atom. The quantitative estimate of drug-likeness (QED) is 0.784. The average Bonchev–Trinajstić information content (AvgIpc) is 2.29. The van der Waals surface area contributed by atoms with Gasteiger partial charge in [0.2, 0.25) is 10.0 Å². The van der Waals surface area contributed by atoms with Crippen LogP contribution in [-0.2, 0) is 14.8 Å². The van der Waals surface area contributed by atoms with Crippen molar-refractivity contribution in [1.82, 2.24) is 4.31 Å². The summed E-state index contributed by atoms with van der Waals surface area (Å²) in [4.78, 5) is 0.306. The van der Waals surface area contributed by atoms with Gasteiger partial charge in [-0.25, -0.2) is 8.42 Å². The molecule has 0 heterocycles. The van der Waals surface area contributed by atoms with Crippen molar-refractivity contribution in [3.8, 4) is 0 Å². The lowest BCUT2D eigenvalue weighted by atomic mass is 10.4. The van der Waals surface area contributed by atoms with Crippen molar-refractivity contribution in [3.63, 3.8) is 0 Å². The van der Waals surface area contributed by atoms with Crippen LogP contribution in [0.2, 0.25) is 0 Å². The van der Waals surface area contributed by atoms with Crippen LogP contribution in [0.1, 0.15) is 6.92 Å². The molecule has 0 N–H and O–H groups in total. The van der Waals surface area contributed by atoms with E-state index in [-0.39, 0.29) is 6.04 Å². The number of rotatable bonds is 5. The second kappa shape index (κ2) is 5.43. The van der Waals surface area contributed by atoms with Gasteiger partial charge in [-0.15, -0.1) is 0 Å². The van der Waals surface area contributed by atoms with Crippen molar-refractivity contribution in [2.24, 2.45) is 0 Å². The minimum absolute atomic E-state index is 0.185. The first-order chi connectivity index (χ1) is 7.50. The summed E-state index contributed by atoms with van der Waals surface area (Å²) in [5, 5.41) is 0. The molecule has 5 heteroatoms. The van der Waals surface area contributed by atoms with E-state index in [1.165, 1.54) is 4.31 Å². The fourth-order valence-electron chi connectivity index (χ4n) is 1.34. The smallest absolute Gasteiger partial charge is 0.243 e. The Hall–Kier alpha value is -0.910. The molecule has 0 aliphatic rings. The van der Waals surface area contributed by atoms with E-state index >= 15 is 0 Å². The number of benzene rings is 1. The molecule has 0 aromatic heterocycles. The molecule has 90 valence electrons. The van der Waals surface area contributed by atoms with Crippen LogP contribution in [0.15, 0.2) is 35.2 Å². The van der Waals surface area contributed by atoms with Crippen LogP contribution in [0.25, 0.3) is 0 Å². The molecule has 0 amide bonds. The highest BCUT2D eigenvalue weighted by Crippen LogP contribution is 2.15. The van der Waals surface area contributed by atoms with Gasteiger partial charge >= 0.3 is 0 Å². The monoisotopic (exact) mass is 243 g/mol. The molecule has 0 bridgehead atoms. The van der Waals surface area contributed by atoms with Gasteiger partial charge in [0.05, 0.1) is 11.5 Å². The minimum atomic E-state index is -3.41. The third kappa shape index (κ3) is 2.81. The first-order valence-electron chi connectivity index (χ1n) is 5.02. The maximum atomic E-state index is 12.1. The molecule has 0 fully saturated rings. The van der Waals surface area contributed by atoms with E-state index in [2.05, 4.69) is 0 Å². The van der Waals surface area contributed by atoms with E-state index in [1.54, 1.807) is 44.5 Å². The summed E-state index contributed by atoms with van der Waals surface area (Å²) in [6.07, 6.45) is 0. The van der Waals surface area contributed by atoms with E-state index in [4.69, 9.17) is 4.74 Å². The van der Waals surface area contributed by atoms with Crippen LogP contribution >= 0.6 is 0 Å². The van der Waals surface area contributed by atoms with Gasteiger partial charge in [0.25, 0.3) is 0 Å². The van der Waals surface area contributed by atoms with Crippen LogP contribution in [0.4, 0.5) is 0 Å². The Morgan fingerprint density at radius 3 is 2.38 bits per heavy atom. The molecule has 0 saturated heterocycles. The standard InChI is InChI=1S/C11H17NO3S/c1-10(9-15-3)12(2)16(13,14)11-7-5-4-6-8-11/h4-8,10H,9H2,1-3H3. The Balaban J connectivity index is 2.95. The first-order valence-corrected chi connectivity index (χ1v) is 6.46. The molecule has 1 unspecified atom stereocenters. The summed E-state index contributed by atoms with van der Waals surface area (Å²) in [7, 11) is -0.291. The van der Waals surface area contributed by atoms with E-state index in [9.17, 15) is 8.42 Å². The molecule has 0 saturated carbocycles. The fraction of sp³-hybridized carbons (Fsp3) is 0.455. The average molecular weight is 243 g/mol. The maximum Gasteiger partial charge on any atom is 0.243 e. The topological polar surface area (TPSA) is 46.6 Å². The molecule has 0 aliphatic carbocycles. The minimum Gasteiger partial charge on any atom is -0.383 e. The normalized spacial score (nSPS) is 14.0. The van der Waals surface area contributed by atoms with Crippen LogP contribution in [0.3, 0.4) is 0 Å². The summed E-state index contributed by atoms with van der Waals surface area (Å²) >= 11 is 0. The Bertz CT molecular complexity index is 416. The zero-order valence-corrected chi connectivity index (χ0v) is 10.6. The largest absolute Gasteiger partial charge is 0.383 e. The Morgan fingerprint density at radius 1 is 1.31 bits per heavy atom. The molecule has 0 aliphatic heterocycles. The van der Waals surface area contributed by atoms with E-state index < -0.39 is 10.0 Å². The molecule has 1 rings (SSSR count). The fourth-order valence-corrected chi connectivity index (χ4v) is 2.71. The van der Waals surface area contributed by atoms with Gasteiger partial charge in [0.1, 0.15) is 0 Å². The van der Waals surface area contributed by atoms with Crippen LogP contribution in [-0.4, -0.2) is 39.5 Å². The highest BCUT2D eigenvalue weighted by molar-refractivity contribution is 7.89. The van der Waals surface area contributed by atoms with Crippen molar-refractivity contribution in [2.45, 2.75) is 17.9 Å². The van der Waals surface area contributed by atoms with Gasteiger partial charge < -0.3 is 4.74 Å². The molecule has 1 aromatic rings. The lowest BCUT2D eigenvalue weighted by Gasteiger charge is -2.23. The highest BCUT2D eigenvalue weighted by atomic mass is 32.2. The van der Waals surface area contributed by atoms with Gasteiger partial charge in [0, 0.05) is 20.2 Å². The molecule has 0 spiro atoms. The summed E-state index contributed by atoms with van der Waals surface area (Å²) in [5.74, 6) is 0. The first kappa shape index (κ1) is 13.2. The Kier molecular flexibility index (Phi) is 4.46.